The average molecular weight is 456 g/mol. The third-order valence-electron chi connectivity index (χ3n) is 4.95. The van der Waals surface area contributed by atoms with Gasteiger partial charge in [0.05, 0.1) is 34.0 Å². The van der Waals surface area contributed by atoms with Gasteiger partial charge in [-0.1, -0.05) is 18.2 Å². The second kappa shape index (κ2) is 10.1. The fourth-order valence-electron chi connectivity index (χ4n) is 3.30. The second-order valence-electron chi connectivity index (χ2n) is 7.99. The number of para-hydroxylation sites is 1. The minimum absolute atomic E-state index is 0.0103. The van der Waals surface area contributed by atoms with Crippen LogP contribution in [0, 0.1) is 20.2 Å². The van der Waals surface area contributed by atoms with E-state index in [1.165, 1.54) is 30.3 Å². The zero-order chi connectivity index (χ0) is 24.1. The molecule has 0 radical (unpaired) electrons. The van der Waals surface area contributed by atoms with E-state index >= 15 is 0 Å². The van der Waals surface area contributed by atoms with Crippen molar-refractivity contribution in [3.8, 4) is 0 Å². The molecule has 1 atom stereocenters. The predicted octanol–water partition coefficient (Wildman–Crippen LogP) is 3.89. The van der Waals surface area contributed by atoms with Crippen molar-refractivity contribution >= 4 is 28.9 Å². The van der Waals surface area contributed by atoms with Crippen LogP contribution < -0.4 is 10.6 Å². The van der Waals surface area contributed by atoms with Crippen LogP contribution in [-0.4, -0.2) is 33.9 Å². The van der Waals surface area contributed by atoms with Crippen molar-refractivity contribution in [2.24, 2.45) is 0 Å². The molecule has 1 saturated carbocycles. The summed E-state index contributed by atoms with van der Waals surface area (Å²) >= 11 is 0. The molecule has 11 nitrogen and oxygen atoms in total. The molecule has 0 bridgehead atoms. The maximum atomic E-state index is 13.0. The lowest BCUT2D eigenvalue weighted by Gasteiger charge is -2.19. The molecular formula is C22H24N4O7. The molecule has 3 rings (SSSR count). The minimum atomic E-state index is -1.08. The zero-order valence-corrected chi connectivity index (χ0v) is 18.1. The predicted molar refractivity (Wildman–Crippen MR) is 119 cm³/mol. The first kappa shape index (κ1) is 23.6. The summed E-state index contributed by atoms with van der Waals surface area (Å²) in [6.45, 7) is 3.32. The van der Waals surface area contributed by atoms with Gasteiger partial charge in [-0.2, -0.15) is 0 Å². The van der Waals surface area contributed by atoms with Gasteiger partial charge in [0.2, 0.25) is 0 Å². The van der Waals surface area contributed by atoms with E-state index in [0.717, 1.165) is 18.9 Å². The number of hydrogen-bond donors (Lipinski definition) is 2. The first-order valence-corrected chi connectivity index (χ1v) is 10.4. The third-order valence-corrected chi connectivity index (χ3v) is 4.95. The van der Waals surface area contributed by atoms with Crippen molar-refractivity contribution in [2.45, 2.75) is 51.3 Å². The molecule has 11 heteroatoms. The number of carbonyl (C=O) groups excluding carboxylic acids is 2. The van der Waals surface area contributed by atoms with E-state index in [1.807, 2.05) is 0 Å². The number of carbonyl (C=O) groups is 2. The second-order valence-corrected chi connectivity index (χ2v) is 7.99. The first-order chi connectivity index (χ1) is 15.7. The maximum absolute atomic E-state index is 13.0. The molecule has 1 fully saturated rings. The number of rotatable bonds is 10. The number of hydrogen-bond acceptors (Lipinski definition) is 8. The highest BCUT2D eigenvalue weighted by Gasteiger charge is 2.29. The number of anilines is 1. The Hall–Kier alpha value is -4.02. The molecule has 0 aromatic heterocycles. The molecular weight excluding hydrogens is 432 g/mol. The standard InChI is InChI=1S/C22H24N4O7/c1-13(2)33-21(27)12-18(16-5-3-4-6-19(16)25(29)30)24-22(28)14-7-10-17(23-15-8-9-15)20(11-14)26(31)32/h3-7,10-11,13,15,18,23H,8-9,12H2,1-2H3,(H,24,28). The number of esters is 1. The number of nitro groups is 2. The summed E-state index contributed by atoms with van der Waals surface area (Å²) in [5.74, 6) is -1.36. The van der Waals surface area contributed by atoms with Crippen LogP contribution in [0.25, 0.3) is 0 Å². The minimum Gasteiger partial charge on any atom is -0.463 e. The van der Waals surface area contributed by atoms with Gasteiger partial charge in [0.25, 0.3) is 17.3 Å². The van der Waals surface area contributed by atoms with Gasteiger partial charge in [0.1, 0.15) is 5.69 Å². The Morgan fingerprint density at radius 2 is 1.73 bits per heavy atom. The maximum Gasteiger partial charge on any atom is 0.308 e. The van der Waals surface area contributed by atoms with Gasteiger partial charge in [-0.15, -0.1) is 0 Å². The van der Waals surface area contributed by atoms with Crippen LogP contribution in [0.15, 0.2) is 42.5 Å². The van der Waals surface area contributed by atoms with Crippen LogP contribution in [0.3, 0.4) is 0 Å². The summed E-state index contributed by atoms with van der Waals surface area (Å²) in [5.41, 5.74) is -0.0946. The Morgan fingerprint density at radius 1 is 1.06 bits per heavy atom. The Morgan fingerprint density at radius 3 is 2.33 bits per heavy atom. The summed E-state index contributed by atoms with van der Waals surface area (Å²) < 4.78 is 5.14. The number of nitrogens with zero attached hydrogens (tertiary/aromatic N) is 2. The Labute approximate surface area is 189 Å². The Balaban J connectivity index is 1.89. The van der Waals surface area contributed by atoms with Crippen LogP contribution in [0.1, 0.15) is 55.1 Å². The number of ether oxygens (including phenoxy) is 1. The molecule has 1 amide bonds. The monoisotopic (exact) mass is 456 g/mol. The van der Waals surface area contributed by atoms with Gasteiger partial charge in [0.15, 0.2) is 0 Å². The molecule has 0 spiro atoms. The van der Waals surface area contributed by atoms with Crippen molar-refractivity contribution in [2.75, 3.05) is 5.32 Å². The molecule has 0 saturated heterocycles. The van der Waals surface area contributed by atoms with E-state index in [-0.39, 0.29) is 35.0 Å². The molecule has 1 unspecified atom stereocenters. The van der Waals surface area contributed by atoms with E-state index in [2.05, 4.69) is 10.6 Å². The van der Waals surface area contributed by atoms with Gasteiger partial charge in [-0.05, 0) is 38.8 Å². The topological polar surface area (TPSA) is 154 Å². The van der Waals surface area contributed by atoms with E-state index in [0.29, 0.717) is 5.69 Å². The Bertz CT molecular complexity index is 1080. The smallest absolute Gasteiger partial charge is 0.308 e. The fraction of sp³-hybridized carbons (Fsp3) is 0.364. The lowest BCUT2D eigenvalue weighted by atomic mass is 10.0. The quantitative estimate of drug-likeness (QED) is 0.310. The first-order valence-electron chi connectivity index (χ1n) is 10.4. The Kier molecular flexibility index (Phi) is 7.21. The van der Waals surface area contributed by atoms with Gasteiger partial charge in [-0.25, -0.2) is 0 Å². The average Bonchev–Trinajstić information content (AvgIpc) is 3.56. The van der Waals surface area contributed by atoms with Crippen LogP contribution in [-0.2, 0) is 9.53 Å². The SMILES string of the molecule is CC(C)OC(=O)CC(NC(=O)c1ccc(NC2CC2)c([N+](=O)[O-])c1)c1ccccc1[N+](=O)[O-]. The molecule has 0 aliphatic heterocycles. The van der Waals surface area contributed by atoms with Crippen LogP contribution in [0.5, 0.6) is 0 Å². The lowest BCUT2D eigenvalue weighted by Crippen LogP contribution is -2.31. The van der Waals surface area contributed by atoms with Crippen molar-refractivity contribution < 1.29 is 24.2 Å². The van der Waals surface area contributed by atoms with E-state index in [9.17, 15) is 29.8 Å². The van der Waals surface area contributed by atoms with Crippen LogP contribution >= 0.6 is 0 Å². The van der Waals surface area contributed by atoms with E-state index < -0.39 is 33.9 Å². The molecule has 1 aliphatic rings. The molecule has 2 N–H and O–H groups in total. The van der Waals surface area contributed by atoms with Gasteiger partial charge in [0, 0.05) is 23.7 Å². The van der Waals surface area contributed by atoms with E-state index in [1.54, 1.807) is 19.9 Å². The van der Waals surface area contributed by atoms with Crippen molar-refractivity contribution in [3.05, 3.63) is 73.8 Å². The third kappa shape index (κ3) is 6.25. The molecule has 2 aromatic carbocycles. The summed E-state index contributed by atoms with van der Waals surface area (Å²) in [6.07, 6.45) is 1.08. The molecule has 174 valence electrons. The molecule has 2 aromatic rings. The molecule has 0 heterocycles. The summed E-state index contributed by atoms with van der Waals surface area (Å²) in [5, 5.41) is 28.7. The highest BCUT2D eigenvalue weighted by atomic mass is 16.6. The highest BCUT2D eigenvalue weighted by Crippen LogP contribution is 2.32. The van der Waals surface area contributed by atoms with Crippen molar-refractivity contribution in [1.82, 2.24) is 5.32 Å². The normalized spacial score (nSPS) is 13.8. The molecule has 33 heavy (non-hydrogen) atoms. The number of nitrogens with one attached hydrogen (secondary N) is 2. The lowest BCUT2D eigenvalue weighted by molar-refractivity contribution is -0.385. The summed E-state index contributed by atoms with van der Waals surface area (Å²) in [7, 11) is 0. The number of nitro benzene ring substituents is 2. The highest BCUT2D eigenvalue weighted by molar-refractivity contribution is 5.96. The summed E-state index contributed by atoms with van der Waals surface area (Å²) in [6, 6.07) is 8.87. The van der Waals surface area contributed by atoms with Crippen molar-refractivity contribution in [1.29, 1.82) is 0 Å². The number of amides is 1. The zero-order valence-electron chi connectivity index (χ0n) is 18.1. The van der Waals surface area contributed by atoms with Crippen LogP contribution in [0.2, 0.25) is 0 Å². The van der Waals surface area contributed by atoms with Crippen LogP contribution in [0.4, 0.5) is 17.1 Å². The van der Waals surface area contributed by atoms with Gasteiger partial charge >= 0.3 is 5.97 Å². The van der Waals surface area contributed by atoms with Crippen molar-refractivity contribution in [3.63, 3.8) is 0 Å². The summed E-state index contributed by atoms with van der Waals surface area (Å²) in [4.78, 5) is 47.1. The van der Waals surface area contributed by atoms with Gasteiger partial charge in [-0.3, -0.25) is 29.8 Å². The molecule has 1 aliphatic carbocycles. The van der Waals surface area contributed by atoms with Gasteiger partial charge < -0.3 is 15.4 Å². The largest absolute Gasteiger partial charge is 0.463 e. The fourth-order valence-corrected chi connectivity index (χ4v) is 3.30. The van der Waals surface area contributed by atoms with E-state index in [4.69, 9.17) is 4.74 Å². The number of benzene rings is 2.